The molecule has 5 nitrogen and oxygen atoms in total. The molecule has 2 fully saturated rings. The highest BCUT2D eigenvalue weighted by atomic mass is 16.5. The van der Waals surface area contributed by atoms with Crippen LogP contribution in [0.15, 0.2) is 18.2 Å². The average molecular weight is 286 g/mol. The predicted molar refractivity (Wildman–Crippen MR) is 77.7 cm³/mol. The minimum absolute atomic E-state index is 0.180. The average Bonchev–Trinajstić information content (AvgIpc) is 3.12. The number of carboxylic acid groups (broad SMARTS) is 1. The van der Waals surface area contributed by atoms with E-state index in [1.807, 2.05) is 6.07 Å². The van der Waals surface area contributed by atoms with E-state index in [4.69, 9.17) is 14.8 Å². The van der Waals surface area contributed by atoms with Crippen molar-refractivity contribution in [3.8, 4) is 0 Å². The summed E-state index contributed by atoms with van der Waals surface area (Å²) >= 11 is 0. The molecule has 2 heterocycles. The van der Waals surface area contributed by atoms with E-state index in [0.29, 0.717) is 17.5 Å². The van der Waals surface area contributed by atoms with Crippen molar-refractivity contribution in [2.75, 3.05) is 6.61 Å². The van der Waals surface area contributed by atoms with Gasteiger partial charge in [-0.2, -0.15) is 0 Å². The number of aromatic nitrogens is 2. The number of nitrogens with zero attached hydrogens (tertiary/aromatic N) is 2. The number of benzene rings is 1. The Labute approximate surface area is 122 Å². The number of aromatic carboxylic acids is 1. The van der Waals surface area contributed by atoms with Gasteiger partial charge in [0, 0.05) is 12.5 Å². The van der Waals surface area contributed by atoms with Gasteiger partial charge >= 0.3 is 5.97 Å². The van der Waals surface area contributed by atoms with E-state index in [9.17, 15) is 4.79 Å². The Hall–Kier alpha value is -1.88. The SMILES string of the molecule is CC1OCCC1n1c(C2CC2)nc2cc(C(=O)O)ccc21. The molecule has 21 heavy (non-hydrogen) atoms. The largest absolute Gasteiger partial charge is 0.478 e. The topological polar surface area (TPSA) is 64.4 Å². The number of imidazole rings is 1. The Kier molecular flexibility index (Phi) is 2.79. The van der Waals surface area contributed by atoms with Crippen molar-refractivity contribution in [2.45, 2.75) is 44.2 Å². The first-order valence-corrected chi connectivity index (χ1v) is 7.52. The van der Waals surface area contributed by atoms with Crippen molar-refractivity contribution in [2.24, 2.45) is 0 Å². The molecule has 1 aliphatic carbocycles. The Morgan fingerprint density at radius 1 is 1.38 bits per heavy atom. The maximum atomic E-state index is 11.1. The summed E-state index contributed by atoms with van der Waals surface area (Å²) in [5, 5.41) is 9.14. The van der Waals surface area contributed by atoms with E-state index >= 15 is 0 Å². The van der Waals surface area contributed by atoms with Crippen LogP contribution in [-0.2, 0) is 4.74 Å². The Bertz CT molecular complexity index is 718. The number of carbonyl (C=O) groups is 1. The molecule has 0 spiro atoms. The van der Waals surface area contributed by atoms with Gasteiger partial charge in [-0.15, -0.1) is 0 Å². The van der Waals surface area contributed by atoms with Crippen LogP contribution in [0.3, 0.4) is 0 Å². The van der Waals surface area contributed by atoms with Gasteiger partial charge < -0.3 is 14.4 Å². The Balaban J connectivity index is 1.90. The molecule has 1 aromatic heterocycles. The monoisotopic (exact) mass is 286 g/mol. The minimum atomic E-state index is -0.906. The van der Waals surface area contributed by atoms with E-state index in [-0.39, 0.29) is 6.10 Å². The van der Waals surface area contributed by atoms with E-state index in [2.05, 4.69) is 11.5 Å². The zero-order valence-electron chi connectivity index (χ0n) is 12.0. The molecule has 5 heteroatoms. The van der Waals surface area contributed by atoms with E-state index in [1.54, 1.807) is 12.1 Å². The highest BCUT2D eigenvalue weighted by Crippen LogP contribution is 2.43. The summed E-state index contributed by atoms with van der Waals surface area (Å²) in [5.41, 5.74) is 2.12. The molecule has 0 radical (unpaired) electrons. The first-order chi connectivity index (χ1) is 10.1. The quantitative estimate of drug-likeness (QED) is 0.942. The summed E-state index contributed by atoms with van der Waals surface area (Å²) in [6, 6.07) is 5.55. The lowest BCUT2D eigenvalue weighted by atomic mass is 10.1. The number of carboxylic acids is 1. The standard InChI is InChI=1S/C16H18N2O3/c1-9-13(6-7-21-9)18-14-5-4-11(16(19)20)8-12(14)17-15(18)10-2-3-10/h4-5,8-10,13H,2-3,6-7H2,1H3,(H,19,20). The van der Waals surface area contributed by atoms with Crippen molar-refractivity contribution in [3.63, 3.8) is 0 Å². The number of hydrogen-bond acceptors (Lipinski definition) is 3. The van der Waals surface area contributed by atoms with Crippen molar-refractivity contribution in [1.29, 1.82) is 0 Å². The van der Waals surface area contributed by atoms with Crippen LogP contribution in [0.1, 0.15) is 54.3 Å². The maximum Gasteiger partial charge on any atom is 0.335 e. The van der Waals surface area contributed by atoms with Crippen molar-refractivity contribution >= 4 is 17.0 Å². The number of rotatable bonds is 3. The van der Waals surface area contributed by atoms with Gasteiger partial charge in [-0.3, -0.25) is 0 Å². The third kappa shape index (κ3) is 2.03. The maximum absolute atomic E-state index is 11.1. The third-order valence-corrected chi connectivity index (χ3v) is 4.57. The predicted octanol–water partition coefficient (Wildman–Crippen LogP) is 2.96. The lowest BCUT2D eigenvalue weighted by molar-refractivity contribution is 0.0697. The van der Waals surface area contributed by atoms with Crippen LogP contribution in [0.5, 0.6) is 0 Å². The Morgan fingerprint density at radius 3 is 2.81 bits per heavy atom. The fourth-order valence-corrected chi connectivity index (χ4v) is 3.29. The number of fused-ring (bicyclic) bond motifs is 1. The molecule has 1 N–H and O–H groups in total. The van der Waals surface area contributed by atoms with Crippen molar-refractivity contribution < 1.29 is 14.6 Å². The van der Waals surface area contributed by atoms with Crippen LogP contribution in [0.25, 0.3) is 11.0 Å². The van der Waals surface area contributed by atoms with Gasteiger partial charge in [-0.25, -0.2) is 9.78 Å². The van der Waals surface area contributed by atoms with Crippen LogP contribution >= 0.6 is 0 Å². The molecular formula is C16H18N2O3. The second-order valence-corrected chi connectivity index (χ2v) is 6.05. The van der Waals surface area contributed by atoms with Crippen molar-refractivity contribution in [3.05, 3.63) is 29.6 Å². The van der Waals surface area contributed by atoms with E-state index < -0.39 is 5.97 Å². The van der Waals surface area contributed by atoms with Gasteiger partial charge in [0.15, 0.2) is 0 Å². The summed E-state index contributed by atoms with van der Waals surface area (Å²) in [6.45, 7) is 2.88. The van der Waals surface area contributed by atoms with Gasteiger partial charge in [-0.1, -0.05) is 0 Å². The van der Waals surface area contributed by atoms with Crippen LogP contribution in [0.4, 0.5) is 0 Å². The lowest BCUT2D eigenvalue weighted by Crippen LogP contribution is -2.18. The number of ether oxygens (including phenoxy) is 1. The molecule has 2 aromatic rings. The molecule has 2 unspecified atom stereocenters. The van der Waals surface area contributed by atoms with Crippen LogP contribution < -0.4 is 0 Å². The molecular weight excluding hydrogens is 268 g/mol. The van der Waals surface area contributed by atoms with Crippen LogP contribution in [0, 0.1) is 0 Å². The van der Waals surface area contributed by atoms with Gasteiger partial charge in [0.1, 0.15) is 5.82 Å². The molecule has 1 saturated heterocycles. The first-order valence-electron chi connectivity index (χ1n) is 7.52. The number of hydrogen-bond donors (Lipinski definition) is 1. The summed E-state index contributed by atoms with van der Waals surface area (Å²) in [7, 11) is 0. The van der Waals surface area contributed by atoms with Gasteiger partial charge in [0.25, 0.3) is 0 Å². The van der Waals surface area contributed by atoms with Gasteiger partial charge in [0.05, 0.1) is 28.7 Å². The molecule has 1 aromatic carbocycles. The summed E-state index contributed by atoms with van der Waals surface area (Å²) < 4.78 is 8.01. The second kappa shape index (κ2) is 4.56. The fourth-order valence-electron chi connectivity index (χ4n) is 3.29. The fraction of sp³-hybridized carbons (Fsp3) is 0.500. The third-order valence-electron chi connectivity index (χ3n) is 4.57. The highest BCUT2D eigenvalue weighted by molar-refractivity contribution is 5.92. The normalized spacial score (nSPS) is 25.6. The second-order valence-electron chi connectivity index (χ2n) is 6.05. The van der Waals surface area contributed by atoms with E-state index in [1.165, 1.54) is 12.8 Å². The van der Waals surface area contributed by atoms with Crippen LogP contribution in [-0.4, -0.2) is 33.3 Å². The van der Waals surface area contributed by atoms with Crippen molar-refractivity contribution in [1.82, 2.24) is 9.55 Å². The van der Waals surface area contributed by atoms with Gasteiger partial charge in [0.2, 0.25) is 0 Å². The summed E-state index contributed by atoms with van der Waals surface area (Å²) in [5.74, 6) is 0.727. The Morgan fingerprint density at radius 2 is 2.19 bits per heavy atom. The smallest absolute Gasteiger partial charge is 0.335 e. The van der Waals surface area contributed by atoms with Gasteiger partial charge in [-0.05, 0) is 44.4 Å². The molecule has 0 bridgehead atoms. The minimum Gasteiger partial charge on any atom is -0.478 e. The molecule has 2 atom stereocenters. The van der Waals surface area contributed by atoms with E-state index in [0.717, 1.165) is 29.9 Å². The zero-order chi connectivity index (χ0) is 14.6. The zero-order valence-corrected chi connectivity index (χ0v) is 12.0. The molecule has 110 valence electrons. The molecule has 1 saturated carbocycles. The summed E-state index contributed by atoms with van der Waals surface area (Å²) in [4.78, 5) is 15.9. The van der Waals surface area contributed by atoms with Crippen LogP contribution in [0.2, 0.25) is 0 Å². The summed E-state index contributed by atoms with van der Waals surface area (Å²) in [6.07, 6.45) is 3.53. The molecule has 1 aliphatic heterocycles. The molecule has 4 rings (SSSR count). The first kappa shape index (κ1) is 12.8. The molecule has 0 amide bonds. The molecule has 2 aliphatic rings. The highest BCUT2D eigenvalue weighted by Gasteiger charge is 2.35. The lowest BCUT2D eigenvalue weighted by Gasteiger charge is -2.19.